The highest BCUT2D eigenvalue weighted by Crippen LogP contribution is 2.32. The lowest BCUT2D eigenvalue weighted by Gasteiger charge is -2.28. The minimum atomic E-state index is 0.143. The molecule has 1 aliphatic heterocycles. The van der Waals surface area contributed by atoms with E-state index < -0.39 is 0 Å². The SMILES string of the molecule is COc1ccc2c(c1)C(c1ccc(N=[N+]=[N-])cc1)NCC2. The lowest BCUT2D eigenvalue weighted by atomic mass is 9.89. The molecule has 0 saturated carbocycles. The summed E-state index contributed by atoms with van der Waals surface area (Å²) in [5.74, 6) is 0.869. The topological polar surface area (TPSA) is 70.0 Å². The second kappa shape index (κ2) is 5.87. The fourth-order valence-electron chi connectivity index (χ4n) is 2.74. The minimum absolute atomic E-state index is 0.143. The minimum Gasteiger partial charge on any atom is -0.497 e. The molecule has 1 atom stereocenters. The second-order valence-corrected chi connectivity index (χ2v) is 4.98. The lowest BCUT2D eigenvalue weighted by molar-refractivity contribution is 0.412. The molecule has 5 heteroatoms. The highest BCUT2D eigenvalue weighted by atomic mass is 16.5. The summed E-state index contributed by atoms with van der Waals surface area (Å²) in [4.78, 5) is 2.80. The number of rotatable bonds is 3. The molecule has 3 rings (SSSR count). The molecule has 2 aromatic carbocycles. The van der Waals surface area contributed by atoms with E-state index in [9.17, 15) is 0 Å². The van der Waals surface area contributed by atoms with Crippen LogP contribution in [0.25, 0.3) is 10.4 Å². The van der Waals surface area contributed by atoms with Crippen molar-refractivity contribution in [1.29, 1.82) is 0 Å². The van der Waals surface area contributed by atoms with Gasteiger partial charge in [0.15, 0.2) is 0 Å². The maximum Gasteiger partial charge on any atom is 0.119 e. The van der Waals surface area contributed by atoms with Gasteiger partial charge in [0.1, 0.15) is 5.75 Å². The Morgan fingerprint density at radius 1 is 1.24 bits per heavy atom. The third-order valence-corrected chi connectivity index (χ3v) is 3.79. The maximum atomic E-state index is 8.46. The number of methoxy groups -OCH3 is 1. The van der Waals surface area contributed by atoms with Crippen LogP contribution in [0.2, 0.25) is 0 Å². The summed E-state index contributed by atoms with van der Waals surface area (Å²) < 4.78 is 5.33. The molecule has 1 aliphatic rings. The van der Waals surface area contributed by atoms with Crippen molar-refractivity contribution in [3.63, 3.8) is 0 Å². The Morgan fingerprint density at radius 3 is 2.76 bits per heavy atom. The summed E-state index contributed by atoms with van der Waals surface area (Å²) >= 11 is 0. The molecule has 0 aromatic heterocycles. The van der Waals surface area contributed by atoms with Crippen LogP contribution in [-0.4, -0.2) is 13.7 Å². The smallest absolute Gasteiger partial charge is 0.119 e. The molecular formula is C16H16N4O. The summed E-state index contributed by atoms with van der Waals surface area (Å²) in [6.07, 6.45) is 1.02. The molecule has 0 amide bonds. The standard InChI is InChI=1S/C16H16N4O/c1-21-14-7-4-11-8-9-18-16(15(11)10-14)12-2-5-13(6-3-12)19-20-17/h2-7,10,16,18H,8-9H2,1H3. The van der Waals surface area contributed by atoms with Gasteiger partial charge in [0, 0.05) is 17.1 Å². The van der Waals surface area contributed by atoms with E-state index in [0.29, 0.717) is 5.69 Å². The molecule has 1 heterocycles. The number of benzene rings is 2. The normalized spacial score (nSPS) is 16.7. The summed E-state index contributed by atoms with van der Waals surface area (Å²) in [6.45, 7) is 0.947. The zero-order valence-electron chi connectivity index (χ0n) is 11.8. The van der Waals surface area contributed by atoms with Crippen LogP contribution in [0.1, 0.15) is 22.7 Å². The van der Waals surface area contributed by atoms with Crippen LogP contribution in [0.15, 0.2) is 47.6 Å². The maximum absolute atomic E-state index is 8.46. The molecule has 21 heavy (non-hydrogen) atoms. The van der Waals surface area contributed by atoms with Gasteiger partial charge in [0.2, 0.25) is 0 Å². The Morgan fingerprint density at radius 2 is 2.05 bits per heavy atom. The number of nitrogens with zero attached hydrogens (tertiary/aromatic N) is 3. The zero-order valence-corrected chi connectivity index (χ0v) is 11.8. The first-order valence-electron chi connectivity index (χ1n) is 6.87. The highest BCUT2D eigenvalue weighted by molar-refractivity contribution is 5.46. The van der Waals surface area contributed by atoms with Gasteiger partial charge in [-0.3, -0.25) is 0 Å². The first-order chi connectivity index (χ1) is 10.3. The number of hydrogen-bond donors (Lipinski definition) is 1. The van der Waals surface area contributed by atoms with Crippen LogP contribution in [0.3, 0.4) is 0 Å². The lowest BCUT2D eigenvalue weighted by Crippen LogP contribution is -2.30. The van der Waals surface area contributed by atoms with Crippen molar-refractivity contribution in [3.05, 3.63) is 69.6 Å². The molecule has 1 N–H and O–H groups in total. The van der Waals surface area contributed by atoms with Crippen LogP contribution >= 0.6 is 0 Å². The van der Waals surface area contributed by atoms with Crippen LogP contribution in [-0.2, 0) is 6.42 Å². The van der Waals surface area contributed by atoms with Crippen LogP contribution in [0.5, 0.6) is 5.75 Å². The van der Waals surface area contributed by atoms with E-state index in [4.69, 9.17) is 10.3 Å². The Kier molecular flexibility index (Phi) is 3.77. The molecule has 106 valence electrons. The molecular weight excluding hydrogens is 264 g/mol. The monoisotopic (exact) mass is 280 g/mol. The number of hydrogen-bond acceptors (Lipinski definition) is 3. The van der Waals surface area contributed by atoms with Crippen molar-refractivity contribution in [1.82, 2.24) is 5.32 Å². The molecule has 0 spiro atoms. The van der Waals surface area contributed by atoms with Crippen LogP contribution in [0.4, 0.5) is 5.69 Å². The Labute approximate surface area is 123 Å². The van der Waals surface area contributed by atoms with Gasteiger partial charge in [-0.25, -0.2) is 0 Å². The highest BCUT2D eigenvalue weighted by Gasteiger charge is 2.21. The van der Waals surface area contributed by atoms with Crippen LogP contribution in [0, 0.1) is 0 Å². The Balaban J connectivity index is 1.98. The summed E-state index contributed by atoms with van der Waals surface area (Å²) in [6, 6.07) is 14.0. The van der Waals surface area contributed by atoms with Crippen molar-refractivity contribution >= 4 is 5.69 Å². The predicted molar refractivity (Wildman–Crippen MR) is 81.8 cm³/mol. The fourth-order valence-corrected chi connectivity index (χ4v) is 2.74. The van der Waals surface area contributed by atoms with Crippen molar-refractivity contribution < 1.29 is 4.74 Å². The molecule has 5 nitrogen and oxygen atoms in total. The molecule has 0 bridgehead atoms. The van der Waals surface area contributed by atoms with Gasteiger partial charge in [-0.1, -0.05) is 35.4 Å². The molecule has 0 aliphatic carbocycles. The van der Waals surface area contributed by atoms with E-state index in [-0.39, 0.29) is 6.04 Å². The van der Waals surface area contributed by atoms with Crippen molar-refractivity contribution in [3.8, 4) is 5.75 Å². The zero-order chi connectivity index (χ0) is 14.7. The molecule has 2 aromatic rings. The second-order valence-electron chi connectivity index (χ2n) is 4.98. The fraction of sp³-hybridized carbons (Fsp3) is 0.250. The largest absolute Gasteiger partial charge is 0.497 e. The van der Waals surface area contributed by atoms with Gasteiger partial charge >= 0.3 is 0 Å². The quantitative estimate of drug-likeness (QED) is 0.526. The predicted octanol–water partition coefficient (Wildman–Crippen LogP) is 3.87. The van der Waals surface area contributed by atoms with E-state index in [0.717, 1.165) is 24.3 Å². The first kappa shape index (κ1) is 13.5. The number of nitrogens with one attached hydrogen (secondary N) is 1. The van der Waals surface area contributed by atoms with Gasteiger partial charge in [0.05, 0.1) is 13.2 Å². The Hall–Kier alpha value is -2.49. The summed E-state index contributed by atoms with van der Waals surface area (Å²) in [5.41, 5.74) is 12.8. The van der Waals surface area contributed by atoms with E-state index in [1.165, 1.54) is 11.1 Å². The molecule has 0 fully saturated rings. The average molecular weight is 280 g/mol. The van der Waals surface area contributed by atoms with E-state index in [1.807, 2.05) is 30.3 Å². The number of azide groups is 1. The Bertz CT molecular complexity index is 690. The van der Waals surface area contributed by atoms with Gasteiger partial charge in [-0.2, -0.15) is 0 Å². The van der Waals surface area contributed by atoms with Crippen molar-refractivity contribution in [2.24, 2.45) is 5.11 Å². The molecule has 0 saturated heterocycles. The van der Waals surface area contributed by atoms with Gasteiger partial charge in [-0.15, -0.1) is 0 Å². The number of ether oxygens (including phenoxy) is 1. The number of fused-ring (bicyclic) bond motifs is 1. The van der Waals surface area contributed by atoms with Crippen LogP contribution < -0.4 is 10.1 Å². The third kappa shape index (κ3) is 2.70. The molecule has 1 unspecified atom stereocenters. The van der Waals surface area contributed by atoms with E-state index in [1.54, 1.807) is 7.11 Å². The third-order valence-electron chi connectivity index (χ3n) is 3.79. The van der Waals surface area contributed by atoms with E-state index >= 15 is 0 Å². The molecule has 0 radical (unpaired) electrons. The summed E-state index contributed by atoms with van der Waals surface area (Å²) in [5, 5.41) is 7.14. The van der Waals surface area contributed by atoms with Crippen molar-refractivity contribution in [2.45, 2.75) is 12.5 Å². The first-order valence-corrected chi connectivity index (χ1v) is 6.87. The van der Waals surface area contributed by atoms with Gasteiger partial charge in [-0.05, 0) is 40.8 Å². The van der Waals surface area contributed by atoms with E-state index in [2.05, 4.69) is 27.5 Å². The average Bonchev–Trinajstić information content (AvgIpc) is 2.55. The van der Waals surface area contributed by atoms with Crippen molar-refractivity contribution in [2.75, 3.05) is 13.7 Å². The van der Waals surface area contributed by atoms with Gasteiger partial charge < -0.3 is 10.1 Å². The van der Waals surface area contributed by atoms with Gasteiger partial charge in [0.25, 0.3) is 0 Å². The summed E-state index contributed by atoms with van der Waals surface area (Å²) in [7, 11) is 1.68.